The number of ether oxygens (including phenoxy) is 2. The highest BCUT2D eigenvalue weighted by molar-refractivity contribution is 5.72. The minimum Gasteiger partial charge on any atom is -0.482 e. The summed E-state index contributed by atoms with van der Waals surface area (Å²) < 4.78 is 10.7. The van der Waals surface area contributed by atoms with E-state index in [0.717, 1.165) is 24.0 Å². The number of carboxylic acid groups (broad SMARTS) is 2. The zero-order valence-electron chi connectivity index (χ0n) is 15.1. The van der Waals surface area contributed by atoms with E-state index in [1.165, 1.54) is 6.92 Å². The topological polar surface area (TPSA) is 93.1 Å². The quantitative estimate of drug-likeness (QED) is 0.588. The molecule has 143 valence electrons. The van der Waals surface area contributed by atoms with Crippen molar-refractivity contribution in [3.8, 4) is 11.5 Å². The van der Waals surface area contributed by atoms with Crippen LogP contribution in [0.4, 0.5) is 0 Å². The predicted octanol–water partition coefficient (Wildman–Crippen LogP) is 3.38. The minimum atomic E-state index is -1.01. The van der Waals surface area contributed by atoms with E-state index in [-0.39, 0.29) is 6.61 Å². The van der Waals surface area contributed by atoms with Crippen molar-refractivity contribution in [2.24, 2.45) is 0 Å². The van der Waals surface area contributed by atoms with Crippen molar-refractivity contribution in [2.75, 3.05) is 6.61 Å². The molecular formula is C21H23O6. The summed E-state index contributed by atoms with van der Waals surface area (Å²) in [5, 5.41) is 17.7. The SMILES string of the molecule is CC(Oc1cccc(CC[CH]Cc2ccccc2OCC(=O)O)c1)C(=O)O. The molecule has 2 aromatic carbocycles. The smallest absolute Gasteiger partial charge is 0.344 e. The van der Waals surface area contributed by atoms with Crippen LogP contribution in [-0.4, -0.2) is 34.9 Å². The van der Waals surface area contributed by atoms with Gasteiger partial charge >= 0.3 is 11.9 Å². The molecule has 1 unspecified atom stereocenters. The Morgan fingerprint density at radius 2 is 1.89 bits per heavy atom. The van der Waals surface area contributed by atoms with Crippen LogP contribution in [0.3, 0.4) is 0 Å². The third-order valence-corrected chi connectivity index (χ3v) is 3.88. The number of carbonyl (C=O) groups is 2. The second-order valence-corrected chi connectivity index (χ2v) is 6.07. The summed E-state index contributed by atoms with van der Waals surface area (Å²) in [6.07, 6.45) is 3.48. The highest BCUT2D eigenvalue weighted by atomic mass is 16.5. The highest BCUT2D eigenvalue weighted by Crippen LogP contribution is 2.21. The Morgan fingerprint density at radius 3 is 2.63 bits per heavy atom. The Labute approximate surface area is 158 Å². The summed E-state index contributed by atoms with van der Waals surface area (Å²) in [4.78, 5) is 21.5. The Balaban J connectivity index is 1.83. The Hall–Kier alpha value is -3.02. The fraction of sp³-hybridized carbons (Fsp3) is 0.286. The van der Waals surface area contributed by atoms with Gasteiger partial charge in [0.2, 0.25) is 0 Å². The molecule has 0 saturated heterocycles. The van der Waals surface area contributed by atoms with Crippen LogP contribution in [0.5, 0.6) is 11.5 Å². The predicted molar refractivity (Wildman–Crippen MR) is 100 cm³/mol. The molecule has 0 aliphatic rings. The first-order valence-electron chi connectivity index (χ1n) is 8.68. The molecule has 0 saturated carbocycles. The standard InChI is InChI=1S/C21H23O6/c1-15(21(24)25)27-18-11-6-8-16(13-18)7-2-3-9-17-10-4-5-12-19(17)26-14-20(22)23/h3-6,8,10-13,15H,2,7,9,14H2,1H3,(H,22,23)(H,24,25). The maximum absolute atomic E-state index is 10.9. The van der Waals surface area contributed by atoms with Crippen LogP contribution in [-0.2, 0) is 22.4 Å². The normalized spacial score (nSPS) is 11.6. The molecule has 6 nitrogen and oxygen atoms in total. The third-order valence-electron chi connectivity index (χ3n) is 3.88. The number of rotatable bonds is 11. The molecule has 0 aliphatic heterocycles. The number of para-hydroxylation sites is 1. The lowest BCUT2D eigenvalue weighted by atomic mass is 10.0. The van der Waals surface area contributed by atoms with Crippen molar-refractivity contribution in [3.05, 3.63) is 66.1 Å². The van der Waals surface area contributed by atoms with Gasteiger partial charge in [0.25, 0.3) is 0 Å². The van der Waals surface area contributed by atoms with Gasteiger partial charge in [-0.1, -0.05) is 30.3 Å². The van der Waals surface area contributed by atoms with Crippen LogP contribution in [0.2, 0.25) is 0 Å². The average molecular weight is 371 g/mol. The van der Waals surface area contributed by atoms with Crippen LogP contribution in [0, 0.1) is 6.42 Å². The van der Waals surface area contributed by atoms with Crippen LogP contribution >= 0.6 is 0 Å². The number of hydrogen-bond donors (Lipinski definition) is 2. The van der Waals surface area contributed by atoms with Crippen molar-refractivity contribution in [1.82, 2.24) is 0 Å². The van der Waals surface area contributed by atoms with E-state index in [9.17, 15) is 9.59 Å². The molecule has 0 bridgehead atoms. The van der Waals surface area contributed by atoms with Crippen molar-refractivity contribution < 1.29 is 29.3 Å². The van der Waals surface area contributed by atoms with Crippen LogP contribution < -0.4 is 9.47 Å². The Kier molecular flexibility index (Phi) is 7.67. The van der Waals surface area contributed by atoms with Gasteiger partial charge in [0, 0.05) is 0 Å². The molecule has 2 N–H and O–H groups in total. The summed E-state index contributed by atoms with van der Waals surface area (Å²) in [6.45, 7) is 1.13. The molecule has 1 atom stereocenters. The number of aryl methyl sites for hydroxylation is 1. The number of benzene rings is 2. The molecule has 0 amide bonds. The van der Waals surface area contributed by atoms with E-state index >= 15 is 0 Å². The second kappa shape index (κ2) is 10.2. The lowest BCUT2D eigenvalue weighted by molar-refractivity contribution is -0.144. The Bertz CT molecular complexity index is 771. The van der Waals surface area contributed by atoms with Crippen LogP contribution in [0.25, 0.3) is 0 Å². The molecule has 0 aliphatic carbocycles. The molecule has 0 heterocycles. The lowest BCUT2D eigenvalue weighted by Crippen LogP contribution is -2.22. The number of unbranched alkanes of at least 4 members (excludes halogenated alkanes) is 1. The summed E-state index contributed by atoms with van der Waals surface area (Å²) in [7, 11) is 0. The van der Waals surface area contributed by atoms with Gasteiger partial charge in [0.15, 0.2) is 12.7 Å². The summed E-state index contributed by atoms with van der Waals surface area (Å²) in [6, 6.07) is 14.8. The molecule has 0 aromatic heterocycles. The van der Waals surface area contributed by atoms with Gasteiger partial charge in [0.1, 0.15) is 11.5 Å². The maximum atomic E-state index is 10.9. The van der Waals surface area contributed by atoms with Gasteiger partial charge in [-0.25, -0.2) is 9.59 Å². The molecule has 27 heavy (non-hydrogen) atoms. The van der Waals surface area contributed by atoms with Crippen LogP contribution in [0.1, 0.15) is 24.5 Å². The molecular weight excluding hydrogens is 348 g/mol. The summed E-state index contributed by atoms with van der Waals surface area (Å²) in [5.74, 6) is -0.894. The zero-order chi connectivity index (χ0) is 19.6. The van der Waals surface area contributed by atoms with E-state index in [4.69, 9.17) is 19.7 Å². The van der Waals surface area contributed by atoms with Crippen LogP contribution in [0.15, 0.2) is 48.5 Å². The van der Waals surface area contributed by atoms with Crippen molar-refractivity contribution in [2.45, 2.75) is 32.3 Å². The van der Waals surface area contributed by atoms with Crippen molar-refractivity contribution >= 4 is 11.9 Å². The van der Waals surface area contributed by atoms with Crippen molar-refractivity contribution in [1.29, 1.82) is 0 Å². The fourth-order valence-electron chi connectivity index (χ4n) is 2.51. The third kappa shape index (κ3) is 7.01. The first-order chi connectivity index (χ1) is 13.0. The van der Waals surface area contributed by atoms with Gasteiger partial charge in [-0.05, 0) is 61.9 Å². The highest BCUT2D eigenvalue weighted by Gasteiger charge is 2.12. The largest absolute Gasteiger partial charge is 0.482 e. The van der Waals surface area contributed by atoms with E-state index in [1.807, 2.05) is 36.4 Å². The van der Waals surface area contributed by atoms with E-state index in [1.54, 1.807) is 12.1 Å². The van der Waals surface area contributed by atoms with Gasteiger partial charge in [-0.15, -0.1) is 0 Å². The van der Waals surface area contributed by atoms with E-state index in [0.29, 0.717) is 17.9 Å². The molecule has 0 fully saturated rings. The van der Waals surface area contributed by atoms with Gasteiger partial charge in [-0.3, -0.25) is 0 Å². The molecule has 2 rings (SSSR count). The summed E-state index contributed by atoms with van der Waals surface area (Å²) >= 11 is 0. The number of hydrogen-bond acceptors (Lipinski definition) is 4. The maximum Gasteiger partial charge on any atom is 0.344 e. The summed E-state index contributed by atoms with van der Waals surface area (Å²) in [5.41, 5.74) is 1.99. The first-order valence-corrected chi connectivity index (χ1v) is 8.68. The molecule has 2 aromatic rings. The number of carboxylic acids is 2. The molecule has 0 spiro atoms. The number of aliphatic carboxylic acids is 2. The molecule has 1 radical (unpaired) electrons. The molecule has 6 heteroatoms. The zero-order valence-corrected chi connectivity index (χ0v) is 15.1. The van der Waals surface area contributed by atoms with Gasteiger partial charge < -0.3 is 19.7 Å². The lowest BCUT2D eigenvalue weighted by Gasteiger charge is -2.12. The Morgan fingerprint density at radius 1 is 1.11 bits per heavy atom. The fourth-order valence-corrected chi connectivity index (χ4v) is 2.51. The second-order valence-electron chi connectivity index (χ2n) is 6.07. The van der Waals surface area contributed by atoms with Gasteiger partial charge in [-0.2, -0.15) is 0 Å². The van der Waals surface area contributed by atoms with E-state index in [2.05, 4.69) is 6.42 Å². The first kappa shape index (κ1) is 20.3. The van der Waals surface area contributed by atoms with E-state index < -0.39 is 18.0 Å². The van der Waals surface area contributed by atoms with Gasteiger partial charge in [0.05, 0.1) is 0 Å². The monoisotopic (exact) mass is 371 g/mol. The average Bonchev–Trinajstić information content (AvgIpc) is 2.64. The van der Waals surface area contributed by atoms with Crippen molar-refractivity contribution in [3.63, 3.8) is 0 Å². The minimum absolute atomic E-state index is 0.363.